The molecule has 0 atom stereocenters. The van der Waals surface area contributed by atoms with E-state index < -0.39 is 0 Å². The average Bonchev–Trinajstić information content (AvgIpc) is 3.23. The molecule has 2 aromatic rings. The van der Waals surface area contributed by atoms with Gasteiger partial charge in [0.15, 0.2) is 0 Å². The predicted molar refractivity (Wildman–Crippen MR) is 94.7 cm³/mol. The quantitative estimate of drug-likeness (QED) is 0.879. The number of furan rings is 1. The number of amides is 2. The largest absolute Gasteiger partial charge is 0.464 e. The van der Waals surface area contributed by atoms with Crippen molar-refractivity contribution in [3.8, 4) is 0 Å². The van der Waals surface area contributed by atoms with Crippen molar-refractivity contribution in [2.24, 2.45) is 5.92 Å². The van der Waals surface area contributed by atoms with E-state index in [4.69, 9.17) is 9.15 Å². The van der Waals surface area contributed by atoms with Gasteiger partial charge in [-0.25, -0.2) is 9.18 Å². The smallest absolute Gasteiger partial charge is 0.407 e. The Morgan fingerprint density at radius 2 is 2.04 bits per heavy atom. The summed E-state index contributed by atoms with van der Waals surface area (Å²) in [5.41, 5.74) is 1.36. The fourth-order valence-corrected chi connectivity index (χ4v) is 4.78. The highest BCUT2D eigenvalue weighted by Gasteiger charge is 2.53. The van der Waals surface area contributed by atoms with Crippen molar-refractivity contribution < 1.29 is 23.1 Å². The Morgan fingerprint density at radius 1 is 1.26 bits per heavy atom. The van der Waals surface area contributed by atoms with Crippen LogP contribution in [0.25, 0.3) is 11.0 Å². The first-order valence-corrected chi connectivity index (χ1v) is 9.43. The van der Waals surface area contributed by atoms with Crippen LogP contribution in [0, 0.1) is 11.7 Å². The topological polar surface area (TPSA) is 71.8 Å². The molecule has 3 aliphatic rings. The van der Waals surface area contributed by atoms with E-state index in [-0.39, 0.29) is 29.3 Å². The Balaban J connectivity index is 1.20. The van der Waals surface area contributed by atoms with Gasteiger partial charge < -0.3 is 19.4 Å². The number of piperidine rings is 1. The molecule has 1 spiro atoms. The first-order chi connectivity index (χ1) is 13.0. The summed E-state index contributed by atoms with van der Waals surface area (Å²) in [6, 6.07) is 4.64. The SMILES string of the molecule is O=C1NC2(CO1)CC(C(=O)N1CCC(c3coc4cc(F)ccc34)CC1)C2. The van der Waals surface area contributed by atoms with E-state index in [2.05, 4.69) is 5.32 Å². The summed E-state index contributed by atoms with van der Waals surface area (Å²) in [5.74, 6) is 0.169. The standard InChI is InChI=1S/C20H21FN2O4/c21-14-1-2-15-16(10-26-17(15)7-14)12-3-5-23(6-4-12)18(24)13-8-20(9-13)11-27-19(25)22-20/h1-2,7,10,12-13H,3-6,8-9,11H2,(H,22,25). The van der Waals surface area contributed by atoms with Crippen LogP contribution in [-0.2, 0) is 9.53 Å². The highest BCUT2D eigenvalue weighted by molar-refractivity contribution is 5.83. The van der Waals surface area contributed by atoms with Gasteiger partial charge in [-0.3, -0.25) is 4.79 Å². The Hall–Kier alpha value is -2.57. The van der Waals surface area contributed by atoms with Crippen molar-refractivity contribution >= 4 is 23.0 Å². The molecule has 142 valence electrons. The van der Waals surface area contributed by atoms with Crippen LogP contribution < -0.4 is 5.32 Å². The van der Waals surface area contributed by atoms with E-state index in [1.54, 1.807) is 12.3 Å². The minimum atomic E-state index is -0.381. The number of benzene rings is 1. The highest BCUT2D eigenvalue weighted by atomic mass is 19.1. The molecule has 0 unspecified atom stereocenters. The summed E-state index contributed by atoms with van der Waals surface area (Å²) in [5, 5.41) is 3.79. The molecule has 3 heterocycles. The molecule has 0 bridgehead atoms. The van der Waals surface area contributed by atoms with E-state index in [0.29, 0.717) is 44.0 Å². The number of hydrogen-bond acceptors (Lipinski definition) is 4. The number of ether oxygens (including phenoxy) is 1. The zero-order chi connectivity index (χ0) is 18.6. The number of rotatable bonds is 2. The summed E-state index contributed by atoms with van der Waals surface area (Å²) >= 11 is 0. The summed E-state index contributed by atoms with van der Waals surface area (Å²) in [6.07, 6.45) is 4.41. The van der Waals surface area contributed by atoms with Gasteiger partial charge in [0.25, 0.3) is 0 Å². The minimum absolute atomic E-state index is 0.0266. The van der Waals surface area contributed by atoms with Gasteiger partial charge in [-0.1, -0.05) is 0 Å². The lowest BCUT2D eigenvalue weighted by atomic mass is 9.68. The van der Waals surface area contributed by atoms with Crippen molar-refractivity contribution in [3.05, 3.63) is 35.8 Å². The number of carbonyl (C=O) groups excluding carboxylic acids is 2. The van der Waals surface area contributed by atoms with Crippen LogP contribution in [0.15, 0.2) is 28.9 Å². The number of hydrogen-bond donors (Lipinski definition) is 1. The molecule has 1 aliphatic carbocycles. The summed E-state index contributed by atoms with van der Waals surface area (Å²) in [7, 11) is 0. The molecule has 3 fully saturated rings. The summed E-state index contributed by atoms with van der Waals surface area (Å²) in [4.78, 5) is 25.9. The van der Waals surface area contributed by atoms with Crippen LogP contribution in [0.1, 0.15) is 37.2 Å². The van der Waals surface area contributed by atoms with Crippen molar-refractivity contribution in [3.63, 3.8) is 0 Å². The number of halogens is 1. The van der Waals surface area contributed by atoms with Gasteiger partial charge in [-0.15, -0.1) is 0 Å². The zero-order valence-electron chi connectivity index (χ0n) is 14.9. The summed E-state index contributed by atoms with van der Waals surface area (Å²) in [6.45, 7) is 1.79. The molecule has 0 radical (unpaired) electrons. The number of nitrogens with zero attached hydrogens (tertiary/aromatic N) is 1. The molecule has 5 rings (SSSR count). The Morgan fingerprint density at radius 3 is 2.74 bits per heavy atom. The van der Waals surface area contributed by atoms with Crippen LogP contribution in [0.5, 0.6) is 0 Å². The Bertz CT molecular complexity index is 910. The maximum absolute atomic E-state index is 13.3. The Labute approximate surface area is 155 Å². The third-order valence-corrected chi connectivity index (χ3v) is 6.28. The fourth-order valence-electron chi connectivity index (χ4n) is 4.78. The van der Waals surface area contributed by atoms with Crippen molar-refractivity contribution in [1.29, 1.82) is 0 Å². The van der Waals surface area contributed by atoms with Gasteiger partial charge in [0.2, 0.25) is 5.91 Å². The van der Waals surface area contributed by atoms with Gasteiger partial charge in [0, 0.05) is 36.0 Å². The van der Waals surface area contributed by atoms with E-state index >= 15 is 0 Å². The van der Waals surface area contributed by atoms with Crippen LogP contribution in [0.3, 0.4) is 0 Å². The molecule has 7 heteroatoms. The van der Waals surface area contributed by atoms with Gasteiger partial charge in [-0.05, 0) is 43.7 Å². The molecule has 6 nitrogen and oxygen atoms in total. The predicted octanol–water partition coefficient (Wildman–Crippen LogP) is 3.17. The van der Waals surface area contributed by atoms with E-state index in [0.717, 1.165) is 23.8 Å². The maximum Gasteiger partial charge on any atom is 0.407 e. The maximum atomic E-state index is 13.3. The normalized spacial score (nSPS) is 28.3. The van der Waals surface area contributed by atoms with Crippen LogP contribution in [0.4, 0.5) is 9.18 Å². The van der Waals surface area contributed by atoms with E-state index in [1.807, 2.05) is 4.90 Å². The van der Waals surface area contributed by atoms with Gasteiger partial charge >= 0.3 is 6.09 Å². The summed E-state index contributed by atoms with van der Waals surface area (Å²) < 4.78 is 23.8. The third kappa shape index (κ3) is 2.76. The first-order valence-electron chi connectivity index (χ1n) is 9.43. The number of likely N-dealkylation sites (tertiary alicyclic amines) is 1. The minimum Gasteiger partial charge on any atom is -0.464 e. The lowest BCUT2D eigenvalue weighted by Crippen LogP contribution is -2.58. The first kappa shape index (κ1) is 16.6. The van der Waals surface area contributed by atoms with Crippen LogP contribution >= 0.6 is 0 Å². The monoisotopic (exact) mass is 372 g/mol. The fraction of sp³-hybridized carbons (Fsp3) is 0.500. The molecule has 1 aromatic heterocycles. The molecular weight excluding hydrogens is 351 g/mol. The molecule has 2 amide bonds. The molecule has 2 aliphatic heterocycles. The van der Waals surface area contributed by atoms with Gasteiger partial charge in [-0.2, -0.15) is 0 Å². The second kappa shape index (κ2) is 5.97. The third-order valence-electron chi connectivity index (χ3n) is 6.28. The van der Waals surface area contributed by atoms with Crippen molar-refractivity contribution in [2.45, 2.75) is 37.1 Å². The number of carbonyl (C=O) groups is 2. The van der Waals surface area contributed by atoms with Gasteiger partial charge in [0.05, 0.1) is 11.8 Å². The van der Waals surface area contributed by atoms with Crippen molar-refractivity contribution in [1.82, 2.24) is 10.2 Å². The second-order valence-corrected chi connectivity index (χ2v) is 8.02. The van der Waals surface area contributed by atoms with Crippen LogP contribution in [0.2, 0.25) is 0 Å². The number of fused-ring (bicyclic) bond motifs is 1. The average molecular weight is 372 g/mol. The lowest BCUT2D eigenvalue weighted by Gasteiger charge is -2.44. The lowest BCUT2D eigenvalue weighted by molar-refractivity contribution is -0.142. The Kier molecular flexibility index (Phi) is 3.67. The number of nitrogens with one attached hydrogen (secondary N) is 1. The molecule has 2 saturated heterocycles. The van der Waals surface area contributed by atoms with E-state index in [9.17, 15) is 14.0 Å². The second-order valence-electron chi connectivity index (χ2n) is 8.02. The number of alkyl carbamates (subject to hydrolysis) is 1. The van der Waals surface area contributed by atoms with Crippen molar-refractivity contribution in [2.75, 3.05) is 19.7 Å². The molecule has 1 saturated carbocycles. The van der Waals surface area contributed by atoms with E-state index in [1.165, 1.54) is 12.1 Å². The molecule has 27 heavy (non-hydrogen) atoms. The highest BCUT2D eigenvalue weighted by Crippen LogP contribution is 2.42. The molecule has 1 aromatic carbocycles. The molecule has 1 N–H and O–H groups in total. The number of cyclic esters (lactones) is 1. The van der Waals surface area contributed by atoms with Crippen LogP contribution in [-0.4, -0.2) is 42.1 Å². The zero-order valence-corrected chi connectivity index (χ0v) is 14.9. The molecular formula is C20H21FN2O4. The van der Waals surface area contributed by atoms with Gasteiger partial charge in [0.1, 0.15) is 18.0 Å².